The Morgan fingerprint density at radius 3 is 2.62 bits per heavy atom. The fourth-order valence-corrected chi connectivity index (χ4v) is 4.14. The molecule has 1 N–H and O–H groups in total. The normalized spacial score (nSPS) is 15.3. The van der Waals surface area contributed by atoms with E-state index in [2.05, 4.69) is 17.2 Å². The number of nitrogens with one attached hydrogen (secondary N) is 1. The van der Waals surface area contributed by atoms with Gasteiger partial charge in [-0.2, -0.15) is 4.31 Å². The average molecular weight is 327 g/mol. The fourth-order valence-electron chi connectivity index (χ4n) is 2.12. The number of amides is 1. The predicted molar refractivity (Wildman–Crippen MR) is 81.5 cm³/mol. The average Bonchev–Trinajstić information content (AvgIpc) is 2.96. The lowest BCUT2D eigenvalue weighted by molar-refractivity contribution is -0.111. The third-order valence-corrected chi connectivity index (χ3v) is 5.49. The number of sulfonamides is 1. The molecule has 0 unspecified atom stereocenters. The molecule has 0 atom stereocenters. The van der Waals surface area contributed by atoms with Gasteiger partial charge in [0.05, 0.1) is 5.02 Å². The number of nitrogens with zero attached hydrogens (tertiary/aromatic N) is 1. The maximum atomic E-state index is 12.5. The first kappa shape index (κ1) is 15.8. The molecule has 7 heteroatoms. The Bertz CT molecular complexity index is 713. The fraction of sp³-hybridized carbons (Fsp3) is 0.357. The van der Waals surface area contributed by atoms with Gasteiger partial charge in [-0.05, 0) is 43.9 Å². The zero-order valence-electron chi connectivity index (χ0n) is 11.5. The van der Waals surface area contributed by atoms with Gasteiger partial charge in [0.25, 0.3) is 5.91 Å². The highest BCUT2D eigenvalue weighted by Gasteiger charge is 2.29. The summed E-state index contributed by atoms with van der Waals surface area (Å²) in [5.41, 5.74) is 0.352. The minimum absolute atomic E-state index is 0.00771. The molecule has 1 aromatic rings. The zero-order chi connectivity index (χ0) is 15.5. The second kappa shape index (κ2) is 6.48. The SMILES string of the molecule is CC#CC(=O)Nc1ccc(Cl)c(S(=O)(=O)N2CCCC2)c1. The van der Waals surface area contributed by atoms with Gasteiger partial charge in [-0.25, -0.2) is 8.42 Å². The van der Waals surface area contributed by atoms with Crippen molar-refractivity contribution in [1.29, 1.82) is 0 Å². The Balaban J connectivity index is 2.34. The third-order valence-electron chi connectivity index (χ3n) is 3.11. The van der Waals surface area contributed by atoms with Crippen LogP contribution >= 0.6 is 11.6 Å². The van der Waals surface area contributed by atoms with Crippen molar-refractivity contribution in [2.45, 2.75) is 24.7 Å². The molecule has 112 valence electrons. The molecule has 0 spiro atoms. The molecule has 2 rings (SSSR count). The van der Waals surface area contributed by atoms with Crippen LogP contribution in [0.25, 0.3) is 0 Å². The molecule has 1 aliphatic rings. The van der Waals surface area contributed by atoms with Crippen molar-refractivity contribution in [3.8, 4) is 11.8 Å². The number of hydrogen-bond donors (Lipinski definition) is 1. The minimum atomic E-state index is -3.63. The molecule has 0 radical (unpaired) electrons. The van der Waals surface area contributed by atoms with Crippen molar-refractivity contribution in [2.75, 3.05) is 18.4 Å². The Labute approximate surface area is 129 Å². The molecule has 1 fully saturated rings. The quantitative estimate of drug-likeness (QED) is 0.865. The standard InChI is InChI=1S/C14H15ClN2O3S/c1-2-5-14(18)16-11-6-7-12(15)13(10-11)21(19,20)17-8-3-4-9-17/h6-7,10H,3-4,8-9H2,1H3,(H,16,18). The van der Waals surface area contributed by atoms with Crippen molar-refractivity contribution >= 4 is 33.2 Å². The van der Waals surface area contributed by atoms with Crippen LogP contribution < -0.4 is 5.32 Å². The Morgan fingerprint density at radius 1 is 1.33 bits per heavy atom. The maximum absolute atomic E-state index is 12.5. The van der Waals surface area contributed by atoms with E-state index in [1.165, 1.54) is 16.4 Å². The van der Waals surface area contributed by atoms with E-state index in [0.29, 0.717) is 18.8 Å². The third kappa shape index (κ3) is 3.56. The van der Waals surface area contributed by atoms with E-state index in [1.54, 1.807) is 13.0 Å². The molecule has 21 heavy (non-hydrogen) atoms. The van der Waals surface area contributed by atoms with Crippen LogP contribution in [0.15, 0.2) is 23.1 Å². The molecule has 1 heterocycles. The predicted octanol–water partition coefficient (Wildman–Crippen LogP) is 2.09. The van der Waals surface area contributed by atoms with Crippen LogP contribution in [-0.4, -0.2) is 31.7 Å². The van der Waals surface area contributed by atoms with E-state index >= 15 is 0 Å². The largest absolute Gasteiger partial charge is 0.315 e. The van der Waals surface area contributed by atoms with Crippen molar-refractivity contribution in [3.05, 3.63) is 23.2 Å². The lowest BCUT2D eigenvalue weighted by Gasteiger charge is -2.17. The monoisotopic (exact) mass is 326 g/mol. The highest BCUT2D eigenvalue weighted by Crippen LogP contribution is 2.29. The highest BCUT2D eigenvalue weighted by atomic mass is 35.5. The topological polar surface area (TPSA) is 66.5 Å². The van der Waals surface area contributed by atoms with E-state index in [4.69, 9.17) is 11.6 Å². The Kier molecular flexibility index (Phi) is 4.88. The van der Waals surface area contributed by atoms with Crippen molar-refractivity contribution in [1.82, 2.24) is 4.31 Å². The molecule has 1 aliphatic heterocycles. The van der Waals surface area contributed by atoms with Crippen molar-refractivity contribution in [2.24, 2.45) is 0 Å². The van der Waals surface area contributed by atoms with E-state index < -0.39 is 15.9 Å². The van der Waals surface area contributed by atoms with Gasteiger partial charge in [-0.3, -0.25) is 4.79 Å². The van der Waals surface area contributed by atoms with Crippen molar-refractivity contribution in [3.63, 3.8) is 0 Å². The van der Waals surface area contributed by atoms with Gasteiger partial charge >= 0.3 is 0 Å². The number of carbonyl (C=O) groups excluding carboxylic acids is 1. The number of carbonyl (C=O) groups is 1. The summed E-state index contributed by atoms with van der Waals surface area (Å²) in [7, 11) is -3.63. The van der Waals surface area contributed by atoms with E-state index in [1.807, 2.05) is 0 Å². The van der Waals surface area contributed by atoms with Crippen LogP contribution in [0, 0.1) is 11.8 Å². The number of halogens is 1. The first-order chi connectivity index (χ1) is 9.95. The molecular formula is C14H15ClN2O3S. The van der Waals surface area contributed by atoms with Gasteiger partial charge in [-0.15, -0.1) is 0 Å². The van der Waals surface area contributed by atoms with Gasteiger partial charge in [0.1, 0.15) is 4.90 Å². The lowest BCUT2D eigenvalue weighted by Crippen LogP contribution is -2.28. The second-order valence-corrected chi connectivity index (χ2v) is 6.90. The summed E-state index contributed by atoms with van der Waals surface area (Å²) in [6, 6.07) is 4.37. The molecule has 0 bridgehead atoms. The first-order valence-corrected chi connectivity index (χ1v) is 8.30. The second-order valence-electron chi connectivity index (χ2n) is 4.59. The Hall–Kier alpha value is -1.55. The smallest absolute Gasteiger partial charge is 0.300 e. The Morgan fingerprint density at radius 2 is 2.00 bits per heavy atom. The van der Waals surface area contributed by atoms with Crippen LogP contribution in [-0.2, 0) is 14.8 Å². The number of benzene rings is 1. The van der Waals surface area contributed by atoms with E-state index in [0.717, 1.165) is 12.8 Å². The summed E-state index contributed by atoms with van der Waals surface area (Å²) >= 11 is 6.01. The lowest BCUT2D eigenvalue weighted by atomic mass is 10.3. The number of anilines is 1. The summed E-state index contributed by atoms with van der Waals surface area (Å²) in [6.45, 7) is 2.54. The van der Waals surface area contributed by atoms with Crippen LogP contribution in [0.3, 0.4) is 0 Å². The molecule has 0 saturated carbocycles. The number of rotatable bonds is 3. The summed E-state index contributed by atoms with van der Waals surface area (Å²) < 4.78 is 26.4. The zero-order valence-corrected chi connectivity index (χ0v) is 13.1. The highest BCUT2D eigenvalue weighted by molar-refractivity contribution is 7.89. The molecule has 1 amide bonds. The van der Waals surface area contributed by atoms with Crippen LogP contribution in [0.4, 0.5) is 5.69 Å². The molecule has 0 aliphatic carbocycles. The van der Waals surface area contributed by atoms with Crippen LogP contribution in [0.1, 0.15) is 19.8 Å². The molecule has 1 aromatic carbocycles. The summed E-state index contributed by atoms with van der Waals surface area (Å²) in [6.07, 6.45) is 1.69. The molecule has 5 nitrogen and oxygen atoms in total. The van der Waals surface area contributed by atoms with Crippen molar-refractivity contribution < 1.29 is 13.2 Å². The van der Waals surface area contributed by atoms with Gasteiger partial charge < -0.3 is 5.32 Å². The van der Waals surface area contributed by atoms with Gasteiger partial charge in [0.2, 0.25) is 10.0 Å². The molecule has 0 aromatic heterocycles. The minimum Gasteiger partial charge on any atom is -0.315 e. The van der Waals surface area contributed by atoms with E-state index in [-0.39, 0.29) is 9.92 Å². The first-order valence-electron chi connectivity index (χ1n) is 6.48. The summed E-state index contributed by atoms with van der Waals surface area (Å²) in [4.78, 5) is 11.4. The van der Waals surface area contributed by atoms with Gasteiger partial charge in [0, 0.05) is 18.8 Å². The molecule has 1 saturated heterocycles. The van der Waals surface area contributed by atoms with Crippen LogP contribution in [0.2, 0.25) is 5.02 Å². The van der Waals surface area contributed by atoms with Crippen LogP contribution in [0.5, 0.6) is 0 Å². The van der Waals surface area contributed by atoms with Gasteiger partial charge in [-0.1, -0.05) is 17.5 Å². The van der Waals surface area contributed by atoms with E-state index in [9.17, 15) is 13.2 Å². The molecular weight excluding hydrogens is 312 g/mol. The number of hydrogen-bond acceptors (Lipinski definition) is 3. The summed E-state index contributed by atoms with van der Waals surface area (Å²) in [5, 5.41) is 2.66. The maximum Gasteiger partial charge on any atom is 0.300 e. The summed E-state index contributed by atoms with van der Waals surface area (Å²) in [5.74, 6) is 4.31. The van der Waals surface area contributed by atoms with Gasteiger partial charge in [0.15, 0.2) is 0 Å².